The molecule has 12 atom stereocenters. The van der Waals surface area contributed by atoms with Gasteiger partial charge in [-0.15, -0.1) is 0 Å². The Labute approximate surface area is 512 Å². The molecule has 3 unspecified atom stereocenters. The molecule has 13 rings (SSSR count). The van der Waals surface area contributed by atoms with E-state index in [0.717, 1.165) is 18.5 Å². The van der Waals surface area contributed by atoms with Crippen LogP contribution in [0.4, 0.5) is 36.2 Å². The van der Waals surface area contributed by atoms with E-state index >= 15 is 0 Å². The molecule has 6 aromatic heterocycles. The molecule has 0 saturated carbocycles. The first kappa shape index (κ1) is 63.1. The molecule has 36 heteroatoms. The summed E-state index contributed by atoms with van der Waals surface area (Å²) in [5.41, 5.74) is 20.3. The molecule has 32 nitrogen and oxygen atoms in total. The molecule has 0 bridgehead atoms. The fourth-order valence-corrected chi connectivity index (χ4v) is 14.0. The molecule has 7 aliphatic heterocycles. The van der Waals surface area contributed by atoms with Gasteiger partial charge in [-0.3, -0.25) is 4.39 Å². The Bertz CT molecular complexity index is 3190. The van der Waals surface area contributed by atoms with Gasteiger partial charge in [-0.2, -0.15) is 0 Å². The number of amides is 2. The van der Waals surface area contributed by atoms with Crippen LogP contribution >= 0.6 is 0 Å². The van der Waals surface area contributed by atoms with Crippen molar-refractivity contribution >= 4 is 114 Å². The zero-order chi connectivity index (χ0) is 61.6. The Morgan fingerprint density at radius 1 is 0.570 bits per heavy atom. The molecule has 0 radical (unpaired) electrons. The molecular formula is C50H70FN17O15Se3. The molecular weight excluding hydrogens is 1330 g/mol. The quantitative estimate of drug-likeness (QED) is 0.0697. The molecule has 0 aliphatic carbocycles. The number of imidazole rings is 3. The number of rotatable bonds is 11. The molecule has 86 heavy (non-hydrogen) atoms. The minimum absolute atomic E-state index is 0.178. The number of nitrogens with two attached hydrogens (primary N) is 3. The van der Waals surface area contributed by atoms with E-state index in [1.165, 1.54) is 50.9 Å². The smallest absolute Gasteiger partial charge is 0.0785 e. The number of carbonyl (C=O) groups is 3. The summed E-state index contributed by atoms with van der Waals surface area (Å²) in [7, 11) is -1.00. The summed E-state index contributed by atoms with van der Waals surface area (Å²) in [4.78, 5) is 76.9. The first-order valence-electron chi connectivity index (χ1n) is 28.0. The van der Waals surface area contributed by atoms with Gasteiger partial charge in [0.25, 0.3) is 0 Å². The Morgan fingerprint density at radius 2 is 0.977 bits per heavy atom. The predicted molar refractivity (Wildman–Crippen MR) is 304 cm³/mol. The van der Waals surface area contributed by atoms with Gasteiger partial charge in [0.05, 0.1) is 8.52 Å². The van der Waals surface area contributed by atoms with Gasteiger partial charge in [0.15, 0.2) is 0 Å². The van der Waals surface area contributed by atoms with Crippen LogP contribution in [-0.2, 0) is 47.4 Å². The van der Waals surface area contributed by atoms with Crippen molar-refractivity contribution in [3.8, 4) is 0 Å². The number of ether oxygens (including phenoxy) is 10. The van der Waals surface area contributed by atoms with Crippen LogP contribution in [0.5, 0.6) is 0 Å². The normalized spacial score (nSPS) is 27.9. The van der Waals surface area contributed by atoms with Crippen LogP contribution in [0.3, 0.4) is 0 Å². The third kappa shape index (κ3) is 14.6. The number of nitrogens with zero attached hydrogens (tertiary/aromatic N) is 14. The number of fused-ring (bicyclic) bond motifs is 4. The van der Waals surface area contributed by atoms with Crippen molar-refractivity contribution in [1.82, 2.24) is 68.4 Å². The summed E-state index contributed by atoms with van der Waals surface area (Å²) in [6.07, 6.45) is 3.26. The Balaban J connectivity index is 0.000000146. The summed E-state index contributed by atoms with van der Waals surface area (Å²) in [5.74, 6) is 7.03. The summed E-state index contributed by atoms with van der Waals surface area (Å²) < 4.78 is 76.1. The van der Waals surface area contributed by atoms with Crippen molar-refractivity contribution in [2.75, 3.05) is 90.2 Å². The van der Waals surface area contributed by atoms with E-state index in [2.05, 4.69) is 62.3 Å². The third-order valence-electron chi connectivity index (χ3n) is 14.4. The maximum atomic E-state index is 12.6. The number of hydrogen-bond acceptors (Lipinski definition) is 27. The van der Waals surface area contributed by atoms with Crippen molar-refractivity contribution in [3.63, 3.8) is 0 Å². The Hall–Kier alpha value is -5.97. The summed E-state index contributed by atoms with van der Waals surface area (Å²) in [5, 5.41) is 24.0. The molecule has 6 aromatic rings. The van der Waals surface area contributed by atoms with Gasteiger partial charge in [0.1, 0.15) is 0 Å². The van der Waals surface area contributed by atoms with E-state index < -0.39 is 93.0 Å². The van der Waals surface area contributed by atoms with Gasteiger partial charge in [-0.05, 0) is 19.3 Å². The predicted octanol–water partition coefficient (Wildman–Crippen LogP) is 1.50. The largest absolute Gasteiger partial charge is 0.255 e. The second kappa shape index (κ2) is 30.8. The number of anilines is 3. The number of carbonyl (C=O) groups excluding carboxylic acids is 3. The van der Waals surface area contributed by atoms with Crippen LogP contribution in [0.25, 0.3) is 33.5 Å². The molecule has 2 amide bonds. The van der Waals surface area contributed by atoms with Crippen LogP contribution in [-0.4, -0.2) is 270 Å². The minimum atomic E-state index is -1.06. The summed E-state index contributed by atoms with van der Waals surface area (Å²) in [6.45, 7) is 5.72. The van der Waals surface area contributed by atoms with Crippen LogP contribution in [0, 0.1) is 0 Å². The van der Waals surface area contributed by atoms with Gasteiger partial charge in [-0.1, -0.05) is 0 Å². The van der Waals surface area contributed by atoms with E-state index in [9.17, 15) is 29.0 Å². The minimum Gasteiger partial charge on any atom is -0.255 e. The van der Waals surface area contributed by atoms with E-state index in [0.29, 0.717) is 118 Å². The standard InChI is InChI=1S/2C16H22N6O5Se.C12H13N5O4Se.C5H10O.CH3F/c1-28-6-9-12(27-16(24)21-2-4-25-5-3-21)11(23)15(26-9)22-8-20-10-13(17)18-7-19-14(10)22;1-28-6-9-11(23)12(27-16(24)21-2-4-25-5-3-21)15(26-9)22-8-20-10-13(17)18-7-19-14(10)22;1-22-2-5-7-8(21-12(18)20-7)11(19-5)17-4-16-6-9(13)14-3-15-10(6)17;1-2-4-6-5-3-1;1-2/h2*7-9,11-12,15,23H,2-6H2,1H3,(H2,17,18,19);3-5,7-8,11H,2H2,1H3,(H2,13,14,15);1-5H2;1H3/t9-,11+,12?,15-;9-,11?,12+,15-;5-,7?,8+,11-;;/m111../s1/i;;;;1D. The molecule has 7 fully saturated rings. The molecule has 0 spiro atoms. The second-order valence-electron chi connectivity index (χ2n) is 19.8. The van der Waals surface area contributed by atoms with Crippen molar-refractivity contribution in [3.05, 3.63) is 38.0 Å². The van der Waals surface area contributed by atoms with Crippen LogP contribution in [0.15, 0.2) is 38.0 Å². The van der Waals surface area contributed by atoms with Crippen LogP contribution in [0.2, 0.25) is 33.4 Å². The number of alkyl halides is 1. The number of hydrogen-bond donors (Lipinski definition) is 5. The monoisotopic (exact) mass is 1410 g/mol. The van der Waals surface area contributed by atoms with Crippen molar-refractivity contribution in [1.29, 1.82) is 0 Å². The molecule has 13 heterocycles. The number of aliphatic hydroxyl groups is 2. The first-order chi connectivity index (χ1) is 42.3. The SMILES string of the molecule is C1CCOCC1.C[Se]C[C@H]1O[C@@H](n2cnc3c(N)ncnc32)[C@@H](O)C1OC(=O)N1CCOCC1.C[Se]C[C@H]1O[C@@H](n2cnc3c(N)ncnc32)[C@@H](OC(=O)N2CCOCC2)C1O.C[Se]C[C@H]1O[C@@H](n2cnc3c(N)ncnc32)[C@H]2OC(=O)OC12.[2H]CF. The second-order valence-corrected chi connectivity index (χ2v) is 25.5. The number of morpholine rings is 2. The zero-order valence-electron chi connectivity index (χ0n) is 48.2. The van der Waals surface area contributed by atoms with E-state index in [-0.39, 0.29) is 47.7 Å². The molecule has 7 aliphatic rings. The number of nitrogen functional groups attached to an aromatic ring is 3. The van der Waals surface area contributed by atoms with Crippen LogP contribution in [0.1, 0.15) is 39.3 Å². The van der Waals surface area contributed by atoms with E-state index in [4.69, 9.17) is 65.9 Å². The zero-order valence-corrected chi connectivity index (χ0v) is 52.3. The van der Waals surface area contributed by atoms with Crippen molar-refractivity contribution < 1.29 is 77.7 Å². The fraction of sp³-hybridized carbons (Fsp3) is 0.640. The first-order valence-corrected chi connectivity index (χ1v) is 36.0. The average Bonchev–Trinajstić information content (AvgIpc) is 2.00. The van der Waals surface area contributed by atoms with Gasteiger partial charge >= 0.3 is 465 Å². The van der Waals surface area contributed by atoms with Gasteiger partial charge in [0.2, 0.25) is 0 Å². The number of aromatic nitrogens is 12. The molecule has 0 aromatic carbocycles. The summed E-state index contributed by atoms with van der Waals surface area (Å²) in [6, 6.07) is 0. The average molecular weight is 1410 g/mol. The number of aliphatic hydroxyl groups excluding tert-OH is 2. The van der Waals surface area contributed by atoms with Crippen LogP contribution < -0.4 is 17.2 Å². The maximum absolute atomic E-state index is 12.6. The maximum Gasteiger partial charge on any atom is 0.0785 e. The van der Waals surface area contributed by atoms with Crippen molar-refractivity contribution in [2.45, 2.75) is 126 Å². The van der Waals surface area contributed by atoms with Gasteiger partial charge in [0, 0.05) is 13.2 Å². The third-order valence-corrected chi connectivity index (χ3v) is 18.6. The topological polar surface area (TPSA) is 399 Å². The molecule has 470 valence electrons. The van der Waals surface area contributed by atoms with E-state index in [1.807, 2.05) is 0 Å². The Morgan fingerprint density at radius 3 is 1.44 bits per heavy atom. The van der Waals surface area contributed by atoms with Gasteiger partial charge in [-0.25, -0.2) is 0 Å². The molecule has 8 N–H and O–H groups in total. The molecule has 7 saturated heterocycles. The Kier molecular flexibility index (Phi) is 22.6. The fourth-order valence-electron chi connectivity index (χ4n) is 10.2. The number of halogens is 1. The van der Waals surface area contributed by atoms with Gasteiger partial charge < -0.3 is 4.74 Å². The van der Waals surface area contributed by atoms with E-state index in [1.54, 1.807) is 29.8 Å². The summed E-state index contributed by atoms with van der Waals surface area (Å²) >= 11 is 0.943. The van der Waals surface area contributed by atoms with Crippen molar-refractivity contribution in [2.24, 2.45) is 0 Å².